The maximum atomic E-state index is 12.8. The Kier molecular flexibility index (Phi) is 6.08. The van der Waals surface area contributed by atoms with Crippen molar-refractivity contribution in [1.29, 1.82) is 0 Å². The normalized spacial score (nSPS) is 31.5. The molecule has 2 saturated carbocycles. The number of benzene rings is 1. The number of rotatable bonds is 5. The first-order chi connectivity index (χ1) is 11.3. The summed E-state index contributed by atoms with van der Waals surface area (Å²) in [5, 5.41) is 8.16. The van der Waals surface area contributed by atoms with E-state index in [0.717, 1.165) is 21.4 Å². The molecule has 0 radical (unpaired) electrons. The average Bonchev–Trinajstić information content (AvgIpc) is 3.04. The van der Waals surface area contributed by atoms with E-state index in [1.54, 1.807) is 0 Å². The maximum Gasteiger partial charge on any atom is 0.224 e. The van der Waals surface area contributed by atoms with E-state index >= 15 is 0 Å². The van der Waals surface area contributed by atoms with Crippen molar-refractivity contribution >= 4 is 19.8 Å². The molecule has 2 aliphatic carbocycles. The lowest BCUT2D eigenvalue weighted by molar-refractivity contribution is -0.125. The zero-order valence-corrected chi connectivity index (χ0v) is 15.1. The van der Waals surface area contributed by atoms with E-state index in [4.69, 9.17) is 0 Å². The third-order valence-electron chi connectivity index (χ3n) is 5.44. The van der Waals surface area contributed by atoms with Crippen LogP contribution in [0.5, 0.6) is 0 Å². The second-order valence-electron chi connectivity index (χ2n) is 6.95. The van der Waals surface area contributed by atoms with Gasteiger partial charge in [0, 0.05) is 18.0 Å². The summed E-state index contributed by atoms with van der Waals surface area (Å²) in [5.41, 5.74) is 0.536. The summed E-state index contributed by atoms with van der Waals surface area (Å²) >= 11 is 0. The Labute approximate surface area is 141 Å². The second kappa shape index (κ2) is 8.26. The van der Waals surface area contributed by atoms with Gasteiger partial charge in [0.2, 0.25) is 5.91 Å². The first-order valence-corrected chi connectivity index (χ1v) is 10.1. The molecule has 1 aromatic carbocycles. The van der Waals surface area contributed by atoms with Crippen LogP contribution in [0.15, 0.2) is 30.3 Å². The summed E-state index contributed by atoms with van der Waals surface area (Å²) < 4.78 is 0. The van der Waals surface area contributed by atoms with Gasteiger partial charge in [0.1, 0.15) is 0 Å². The molecule has 5 atom stereocenters. The van der Waals surface area contributed by atoms with Crippen molar-refractivity contribution in [2.24, 2.45) is 5.92 Å². The molecule has 1 amide bonds. The molecule has 2 aliphatic rings. The molecule has 3 nitrogen and oxygen atoms in total. The lowest BCUT2D eigenvalue weighted by atomic mass is 9.90. The Morgan fingerprint density at radius 1 is 1.00 bits per heavy atom. The molecule has 0 bridgehead atoms. The number of hydrogen-bond donors (Lipinski definition) is 2. The summed E-state index contributed by atoms with van der Waals surface area (Å²) in [6, 6.07) is 11.4. The van der Waals surface area contributed by atoms with E-state index in [2.05, 4.69) is 41.0 Å². The van der Waals surface area contributed by atoms with Crippen molar-refractivity contribution in [3.8, 4) is 0 Å². The molecule has 4 heteroatoms. The molecule has 23 heavy (non-hydrogen) atoms. The van der Waals surface area contributed by atoms with E-state index in [1.165, 1.54) is 37.4 Å². The molecule has 0 aromatic heterocycles. The lowest BCUT2D eigenvalue weighted by Gasteiger charge is -2.33. The minimum atomic E-state index is 0.216. The Balaban J connectivity index is 1.59. The van der Waals surface area contributed by atoms with Crippen LogP contribution >= 0.6 is 8.58 Å². The van der Waals surface area contributed by atoms with E-state index in [1.807, 2.05) is 7.05 Å². The molecule has 2 fully saturated rings. The summed E-state index contributed by atoms with van der Waals surface area (Å²) in [7, 11) is 2.78. The van der Waals surface area contributed by atoms with Crippen LogP contribution in [0.1, 0.15) is 44.9 Å². The molecule has 3 rings (SSSR count). The molecule has 2 N–H and O–H groups in total. The molecular formula is C19H29N2OP. The minimum Gasteiger partial charge on any atom is -0.352 e. The molecule has 0 spiro atoms. The molecule has 3 unspecified atom stereocenters. The molecule has 0 aliphatic heterocycles. The van der Waals surface area contributed by atoms with Crippen LogP contribution in [-0.4, -0.2) is 30.7 Å². The van der Waals surface area contributed by atoms with Crippen molar-refractivity contribution in [3.05, 3.63) is 30.3 Å². The van der Waals surface area contributed by atoms with Gasteiger partial charge in [-0.3, -0.25) is 4.79 Å². The first kappa shape index (κ1) is 16.9. The predicted molar refractivity (Wildman–Crippen MR) is 98.8 cm³/mol. The number of amides is 1. The fourth-order valence-electron chi connectivity index (χ4n) is 4.13. The Hall–Kier alpha value is -0.920. The molecule has 1 aromatic rings. The molecule has 126 valence electrons. The highest BCUT2D eigenvalue weighted by atomic mass is 31.1. The number of carbonyl (C=O) groups excluding carboxylic acids is 1. The van der Waals surface area contributed by atoms with Gasteiger partial charge in [0.25, 0.3) is 0 Å². The SMILES string of the molecule is CN[C@H]1CCCC[C@@H]1NC(=O)C1CCCC1Pc1ccccc1. The van der Waals surface area contributed by atoms with Gasteiger partial charge >= 0.3 is 0 Å². The van der Waals surface area contributed by atoms with Crippen LogP contribution in [0.4, 0.5) is 0 Å². The average molecular weight is 332 g/mol. The van der Waals surface area contributed by atoms with Gasteiger partial charge in [-0.05, 0) is 43.7 Å². The fraction of sp³-hybridized carbons (Fsp3) is 0.632. The largest absolute Gasteiger partial charge is 0.352 e. The van der Waals surface area contributed by atoms with Gasteiger partial charge in [-0.25, -0.2) is 0 Å². The van der Waals surface area contributed by atoms with Gasteiger partial charge in [-0.2, -0.15) is 0 Å². The van der Waals surface area contributed by atoms with Crippen LogP contribution in [-0.2, 0) is 4.79 Å². The molecular weight excluding hydrogens is 303 g/mol. The van der Waals surface area contributed by atoms with Crippen molar-refractivity contribution in [2.75, 3.05) is 7.05 Å². The highest BCUT2D eigenvalue weighted by Gasteiger charge is 2.35. The zero-order chi connectivity index (χ0) is 16.1. The van der Waals surface area contributed by atoms with Crippen molar-refractivity contribution in [3.63, 3.8) is 0 Å². The van der Waals surface area contributed by atoms with E-state index in [9.17, 15) is 4.79 Å². The highest BCUT2D eigenvalue weighted by Crippen LogP contribution is 2.38. The quantitative estimate of drug-likeness (QED) is 0.814. The number of hydrogen-bond acceptors (Lipinski definition) is 2. The Bertz CT molecular complexity index is 507. The number of carbonyl (C=O) groups is 1. The third-order valence-corrected chi connectivity index (χ3v) is 7.17. The first-order valence-electron chi connectivity index (χ1n) is 9.07. The highest BCUT2D eigenvalue weighted by molar-refractivity contribution is 7.48. The van der Waals surface area contributed by atoms with Gasteiger partial charge in [-0.1, -0.05) is 58.2 Å². The number of likely N-dealkylation sites (N-methyl/N-ethyl adjacent to an activating group) is 1. The van der Waals surface area contributed by atoms with Crippen LogP contribution in [0.2, 0.25) is 0 Å². The monoisotopic (exact) mass is 332 g/mol. The van der Waals surface area contributed by atoms with Crippen molar-refractivity contribution < 1.29 is 4.79 Å². The lowest BCUT2D eigenvalue weighted by Crippen LogP contribution is -2.52. The minimum absolute atomic E-state index is 0.216. The predicted octanol–water partition coefficient (Wildman–Crippen LogP) is 2.81. The van der Waals surface area contributed by atoms with Crippen LogP contribution in [0.3, 0.4) is 0 Å². The van der Waals surface area contributed by atoms with Gasteiger partial charge in [-0.15, -0.1) is 0 Å². The topological polar surface area (TPSA) is 41.1 Å². The smallest absolute Gasteiger partial charge is 0.224 e. The maximum absolute atomic E-state index is 12.8. The van der Waals surface area contributed by atoms with Crippen molar-refractivity contribution in [1.82, 2.24) is 10.6 Å². The third kappa shape index (κ3) is 4.33. The van der Waals surface area contributed by atoms with Gasteiger partial charge in [0.15, 0.2) is 0 Å². The Morgan fingerprint density at radius 3 is 2.48 bits per heavy atom. The fourth-order valence-corrected chi connectivity index (χ4v) is 5.81. The second-order valence-corrected chi connectivity index (χ2v) is 8.56. The summed E-state index contributed by atoms with van der Waals surface area (Å²) in [5.74, 6) is 0.524. The van der Waals surface area contributed by atoms with Crippen LogP contribution < -0.4 is 15.9 Å². The number of nitrogens with one attached hydrogen (secondary N) is 2. The molecule has 0 heterocycles. The van der Waals surface area contributed by atoms with Crippen molar-refractivity contribution in [2.45, 2.75) is 62.7 Å². The molecule has 0 saturated heterocycles. The van der Waals surface area contributed by atoms with Crippen LogP contribution in [0.25, 0.3) is 0 Å². The zero-order valence-electron chi connectivity index (χ0n) is 14.1. The summed E-state index contributed by atoms with van der Waals surface area (Å²) in [4.78, 5) is 12.8. The van der Waals surface area contributed by atoms with Gasteiger partial charge < -0.3 is 10.6 Å². The summed E-state index contributed by atoms with van der Waals surface area (Å²) in [6.07, 6.45) is 8.28. The van der Waals surface area contributed by atoms with E-state index in [-0.39, 0.29) is 5.92 Å². The standard InChI is InChI=1S/C19H29N2OP/c1-20-16-11-5-6-12-17(16)21-19(22)15-10-7-13-18(15)23-14-8-3-2-4-9-14/h2-4,8-9,15-18,20,23H,5-7,10-13H2,1H3,(H,21,22)/t15?,16-,17-,18?/m0/s1. The Morgan fingerprint density at radius 2 is 1.74 bits per heavy atom. The van der Waals surface area contributed by atoms with E-state index < -0.39 is 0 Å². The van der Waals surface area contributed by atoms with Gasteiger partial charge in [0.05, 0.1) is 0 Å². The summed E-state index contributed by atoms with van der Waals surface area (Å²) in [6.45, 7) is 0. The van der Waals surface area contributed by atoms with E-state index in [0.29, 0.717) is 23.6 Å². The van der Waals surface area contributed by atoms with Crippen LogP contribution in [0, 0.1) is 5.92 Å².